The summed E-state index contributed by atoms with van der Waals surface area (Å²) in [5.41, 5.74) is 2.08. The first kappa shape index (κ1) is 12.0. The number of aryl methyl sites for hydroxylation is 1. The van der Waals surface area contributed by atoms with Crippen molar-refractivity contribution >= 4 is 17.3 Å². The fourth-order valence-corrected chi connectivity index (χ4v) is 1.62. The van der Waals surface area contributed by atoms with Crippen LogP contribution < -0.4 is 4.74 Å². The molecule has 0 amide bonds. The van der Waals surface area contributed by atoms with Gasteiger partial charge >= 0.3 is 0 Å². The quantitative estimate of drug-likeness (QED) is 0.733. The molecule has 0 aliphatic heterocycles. The van der Waals surface area contributed by atoms with Crippen molar-refractivity contribution in [1.82, 2.24) is 0 Å². The Morgan fingerprint density at radius 1 is 1.33 bits per heavy atom. The lowest BCUT2D eigenvalue weighted by Gasteiger charge is -2.11. The summed E-state index contributed by atoms with van der Waals surface area (Å²) < 4.78 is 10.6. The molecule has 0 aliphatic carbocycles. The predicted octanol–water partition coefficient (Wildman–Crippen LogP) is 2.97. The Kier molecular flexibility index (Phi) is 4.56. The Bertz CT molecular complexity index is 347. The molecule has 1 rings (SSSR count). The van der Waals surface area contributed by atoms with Gasteiger partial charge in [0.25, 0.3) is 0 Å². The third-order valence-electron chi connectivity index (χ3n) is 2.17. The molecule has 0 bridgehead atoms. The van der Waals surface area contributed by atoms with Gasteiger partial charge in [0, 0.05) is 0 Å². The van der Waals surface area contributed by atoms with E-state index in [-0.39, 0.29) is 0 Å². The van der Waals surface area contributed by atoms with E-state index < -0.39 is 0 Å². The van der Waals surface area contributed by atoms with Crippen LogP contribution in [0.2, 0.25) is 0 Å². The van der Waals surface area contributed by atoms with Crippen molar-refractivity contribution in [1.29, 1.82) is 0 Å². The average molecular weight is 224 g/mol. The highest BCUT2D eigenvalue weighted by Gasteiger charge is 2.09. The molecule has 1 aromatic carbocycles. The monoisotopic (exact) mass is 224 g/mol. The van der Waals surface area contributed by atoms with Gasteiger partial charge in [-0.15, -0.1) is 0 Å². The fraction of sp³-hybridized carbons (Fsp3) is 0.417. The highest BCUT2D eigenvalue weighted by Crippen LogP contribution is 2.21. The number of rotatable bonds is 4. The normalized spacial score (nSPS) is 9.80. The third kappa shape index (κ3) is 2.93. The largest absolute Gasteiger partial charge is 0.496 e. The van der Waals surface area contributed by atoms with E-state index in [9.17, 15) is 0 Å². The van der Waals surface area contributed by atoms with Gasteiger partial charge < -0.3 is 9.47 Å². The third-order valence-corrected chi connectivity index (χ3v) is 2.51. The van der Waals surface area contributed by atoms with E-state index in [0.29, 0.717) is 11.7 Å². The number of methoxy groups -OCH3 is 1. The lowest BCUT2D eigenvalue weighted by Crippen LogP contribution is -2.05. The van der Waals surface area contributed by atoms with Gasteiger partial charge in [0.2, 0.25) is 0 Å². The Morgan fingerprint density at radius 2 is 2.07 bits per heavy atom. The molecule has 0 radical (unpaired) electrons. The van der Waals surface area contributed by atoms with Crippen molar-refractivity contribution in [2.45, 2.75) is 20.3 Å². The van der Waals surface area contributed by atoms with E-state index >= 15 is 0 Å². The summed E-state index contributed by atoms with van der Waals surface area (Å²) in [6, 6.07) is 6.00. The Labute approximate surface area is 96.2 Å². The summed E-state index contributed by atoms with van der Waals surface area (Å²) in [7, 11) is 1.65. The Hall–Kier alpha value is -1.09. The van der Waals surface area contributed by atoms with Crippen LogP contribution in [0.15, 0.2) is 18.2 Å². The van der Waals surface area contributed by atoms with Crippen molar-refractivity contribution in [2.75, 3.05) is 13.7 Å². The molecule has 3 heteroatoms. The highest BCUT2D eigenvalue weighted by molar-refractivity contribution is 7.80. The Morgan fingerprint density at radius 3 is 2.60 bits per heavy atom. The molecule has 0 aromatic heterocycles. The first-order valence-corrected chi connectivity index (χ1v) is 5.47. The number of ether oxygens (including phenoxy) is 2. The van der Waals surface area contributed by atoms with Crippen LogP contribution in [0.25, 0.3) is 0 Å². The second kappa shape index (κ2) is 5.71. The van der Waals surface area contributed by atoms with Crippen LogP contribution in [-0.4, -0.2) is 18.8 Å². The van der Waals surface area contributed by atoms with Crippen LogP contribution in [0.4, 0.5) is 0 Å². The van der Waals surface area contributed by atoms with Gasteiger partial charge in [0.05, 0.1) is 19.3 Å². The fourth-order valence-electron chi connectivity index (χ4n) is 1.33. The molecule has 0 N–H and O–H groups in total. The van der Waals surface area contributed by atoms with Crippen molar-refractivity contribution in [2.24, 2.45) is 0 Å². The van der Waals surface area contributed by atoms with Crippen LogP contribution in [0.1, 0.15) is 25.0 Å². The number of hydrogen-bond donors (Lipinski definition) is 0. The summed E-state index contributed by atoms with van der Waals surface area (Å²) in [4.78, 5) is 0. The van der Waals surface area contributed by atoms with Crippen LogP contribution in [-0.2, 0) is 11.2 Å². The molecule has 0 fully saturated rings. The van der Waals surface area contributed by atoms with E-state index in [1.54, 1.807) is 7.11 Å². The lowest BCUT2D eigenvalue weighted by atomic mass is 10.1. The van der Waals surface area contributed by atoms with Gasteiger partial charge in [0.1, 0.15) is 5.75 Å². The average Bonchev–Trinajstić information content (AvgIpc) is 2.28. The minimum Gasteiger partial charge on any atom is -0.496 e. The molecule has 2 nitrogen and oxygen atoms in total. The molecule has 0 aliphatic rings. The first-order chi connectivity index (χ1) is 7.22. The van der Waals surface area contributed by atoms with E-state index in [0.717, 1.165) is 17.7 Å². The molecular formula is C12H16O2S. The number of thiocarbonyl (C=S) groups is 1. The zero-order chi connectivity index (χ0) is 11.3. The van der Waals surface area contributed by atoms with Crippen molar-refractivity contribution in [3.05, 3.63) is 29.3 Å². The maximum absolute atomic E-state index is 5.30. The standard InChI is InChI=1S/C12H16O2S/c1-4-9-6-7-10(11(8-9)13-3)12(15)14-5-2/h6-8H,4-5H2,1-3H3. The second-order valence-electron chi connectivity index (χ2n) is 3.11. The topological polar surface area (TPSA) is 18.5 Å². The molecule has 1 aromatic rings. The minimum absolute atomic E-state index is 0.497. The number of hydrogen-bond acceptors (Lipinski definition) is 3. The van der Waals surface area contributed by atoms with Crippen LogP contribution in [0, 0.1) is 0 Å². The van der Waals surface area contributed by atoms with E-state index in [1.165, 1.54) is 5.56 Å². The summed E-state index contributed by atoms with van der Waals surface area (Å²) in [6.45, 7) is 4.60. The molecule has 0 atom stereocenters. The smallest absolute Gasteiger partial charge is 0.194 e. The molecule has 0 heterocycles. The van der Waals surface area contributed by atoms with Gasteiger partial charge in [-0.1, -0.05) is 13.0 Å². The maximum atomic E-state index is 5.30. The van der Waals surface area contributed by atoms with Crippen molar-refractivity contribution < 1.29 is 9.47 Å². The zero-order valence-electron chi connectivity index (χ0n) is 9.37. The molecule has 15 heavy (non-hydrogen) atoms. The lowest BCUT2D eigenvalue weighted by molar-refractivity contribution is 0.334. The van der Waals surface area contributed by atoms with Crippen molar-refractivity contribution in [3.63, 3.8) is 0 Å². The van der Waals surface area contributed by atoms with Gasteiger partial charge in [-0.25, -0.2) is 0 Å². The first-order valence-electron chi connectivity index (χ1n) is 5.07. The zero-order valence-corrected chi connectivity index (χ0v) is 10.2. The van der Waals surface area contributed by atoms with Crippen LogP contribution in [0.5, 0.6) is 5.75 Å². The Balaban J connectivity index is 3.02. The summed E-state index contributed by atoms with van der Waals surface area (Å²) in [6.07, 6.45) is 0.984. The van der Waals surface area contributed by atoms with Crippen LogP contribution >= 0.6 is 12.2 Å². The molecule has 0 saturated carbocycles. The molecule has 0 saturated heterocycles. The van der Waals surface area contributed by atoms with E-state index in [1.807, 2.05) is 25.1 Å². The van der Waals surface area contributed by atoms with Crippen LogP contribution in [0.3, 0.4) is 0 Å². The number of benzene rings is 1. The summed E-state index contributed by atoms with van der Waals surface area (Å²) >= 11 is 5.15. The van der Waals surface area contributed by atoms with E-state index in [2.05, 4.69) is 6.92 Å². The predicted molar refractivity (Wildman–Crippen MR) is 65.7 cm³/mol. The van der Waals surface area contributed by atoms with Crippen molar-refractivity contribution in [3.8, 4) is 5.75 Å². The second-order valence-corrected chi connectivity index (χ2v) is 3.48. The maximum Gasteiger partial charge on any atom is 0.194 e. The summed E-state index contributed by atoms with van der Waals surface area (Å²) in [5, 5.41) is 0.497. The summed E-state index contributed by atoms with van der Waals surface area (Å²) in [5.74, 6) is 0.785. The van der Waals surface area contributed by atoms with Gasteiger partial charge in [-0.05, 0) is 43.3 Å². The molecule has 0 spiro atoms. The molecular weight excluding hydrogens is 208 g/mol. The van der Waals surface area contributed by atoms with E-state index in [4.69, 9.17) is 21.7 Å². The molecule has 82 valence electrons. The van der Waals surface area contributed by atoms with Gasteiger partial charge in [-0.2, -0.15) is 0 Å². The minimum atomic E-state index is 0.497. The van der Waals surface area contributed by atoms with Gasteiger partial charge in [0.15, 0.2) is 5.05 Å². The van der Waals surface area contributed by atoms with Gasteiger partial charge in [-0.3, -0.25) is 0 Å². The SMILES string of the molecule is CCOC(=S)c1ccc(CC)cc1OC. The molecule has 0 unspecified atom stereocenters. The highest BCUT2D eigenvalue weighted by atomic mass is 32.1.